The molecule has 1 atom stereocenters. The van der Waals surface area contributed by atoms with E-state index in [4.69, 9.17) is 5.11 Å². The Bertz CT molecular complexity index is 682. The van der Waals surface area contributed by atoms with Gasteiger partial charge < -0.3 is 15.5 Å². The van der Waals surface area contributed by atoms with Crippen molar-refractivity contribution in [2.24, 2.45) is 0 Å². The first-order valence-corrected chi connectivity index (χ1v) is 6.95. The summed E-state index contributed by atoms with van der Waals surface area (Å²) in [7, 11) is 0. The Morgan fingerprint density at radius 1 is 1.14 bits per heavy atom. The molecular weight excluding hydrogens is 282 g/mol. The fourth-order valence-corrected chi connectivity index (χ4v) is 2.28. The maximum Gasteiger partial charge on any atom is 0.339 e. The van der Waals surface area contributed by atoms with Crippen LogP contribution in [0.15, 0.2) is 48.5 Å². The van der Waals surface area contributed by atoms with Crippen molar-refractivity contribution in [3.63, 3.8) is 0 Å². The van der Waals surface area contributed by atoms with Crippen LogP contribution in [0.2, 0.25) is 0 Å². The van der Waals surface area contributed by atoms with Gasteiger partial charge in [-0.15, -0.1) is 0 Å². The fraction of sp³-hybridized carbons (Fsp3) is 0.176. The predicted octanol–water partition coefficient (Wildman–Crippen LogP) is 3.22. The second-order valence-corrected chi connectivity index (χ2v) is 4.90. The van der Waals surface area contributed by atoms with Crippen molar-refractivity contribution in [2.75, 3.05) is 5.32 Å². The summed E-state index contributed by atoms with van der Waals surface area (Å²) in [6.07, 6.45) is 0.634. The number of carbonyl (C=O) groups is 2. The van der Waals surface area contributed by atoms with Gasteiger partial charge >= 0.3 is 5.97 Å². The number of rotatable bonds is 5. The maximum absolute atomic E-state index is 12.4. The molecule has 114 valence electrons. The standard InChI is InChI=1S/C17H17NO4/c1-2-13(11-6-4-3-5-7-11)16(20)18-12-8-9-14(17(21)22)15(19)10-12/h3-10,13,19H,2H2,1H3,(H,18,20)(H,21,22). The highest BCUT2D eigenvalue weighted by molar-refractivity contribution is 5.97. The van der Waals surface area contributed by atoms with Crippen LogP contribution in [0.4, 0.5) is 5.69 Å². The van der Waals surface area contributed by atoms with E-state index in [1.165, 1.54) is 18.2 Å². The summed E-state index contributed by atoms with van der Waals surface area (Å²) < 4.78 is 0. The monoisotopic (exact) mass is 299 g/mol. The van der Waals surface area contributed by atoms with Crippen LogP contribution in [0, 0.1) is 0 Å². The molecule has 0 spiro atoms. The second-order valence-electron chi connectivity index (χ2n) is 4.90. The Morgan fingerprint density at radius 3 is 2.36 bits per heavy atom. The van der Waals surface area contributed by atoms with E-state index in [-0.39, 0.29) is 23.1 Å². The van der Waals surface area contributed by atoms with E-state index in [0.717, 1.165) is 5.56 Å². The molecule has 0 aliphatic rings. The first-order chi connectivity index (χ1) is 10.5. The van der Waals surface area contributed by atoms with Crippen LogP contribution in [-0.2, 0) is 4.79 Å². The van der Waals surface area contributed by atoms with Gasteiger partial charge in [-0.05, 0) is 24.1 Å². The first kappa shape index (κ1) is 15.6. The van der Waals surface area contributed by atoms with Gasteiger partial charge in [-0.25, -0.2) is 4.79 Å². The van der Waals surface area contributed by atoms with Gasteiger partial charge in [0.1, 0.15) is 11.3 Å². The van der Waals surface area contributed by atoms with Crippen molar-refractivity contribution < 1.29 is 19.8 Å². The number of nitrogens with one attached hydrogen (secondary N) is 1. The number of anilines is 1. The Hall–Kier alpha value is -2.82. The molecular formula is C17H17NO4. The Kier molecular flexibility index (Phi) is 4.78. The maximum atomic E-state index is 12.4. The van der Waals surface area contributed by atoms with Crippen LogP contribution in [-0.4, -0.2) is 22.1 Å². The lowest BCUT2D eigenvalue weighted by Crippen LogP contribution is -2.20. The number of carbonyl (C=O) groups excluding carboxylic acids is 1. The number of benzene rings is 2. The summed E-state index contributed by atoms with van der Waals surface area (Å²) >= 11 is 0. The van der Waals surface area contributed by atoms with Crippen LogP contribution in [0.3, 0.4) is 0 Å². The van der Waals surface area contributed by atoms with Gasteiger partial charge in [0.05, 0.1) is 5.92 Å². The van der Waals surface area contributed by atoms with Gasteiger partial charge in [-0.1, -0.05) is 37.3 Å². The fourth-order valence-electron chi connectivity index (χ4n) is 2.28. The molecule has 0 fully saturated rings. The predicted molar refractivity (Wildman–Crippen MR) is 83.2 cm³/mol. The summed E-state index contributed by atoms with van der Waals surface area (Å²) in [5, 5.41) is 21.2. The van der Waals surface area contributed by atoms with E-state index in [1.54, 1.807) is 0 Å². The third-order valence-corrected chi connectivity index (χ3v) is 3.42. The summed E-state index contributed by atoms with van der Waals surface area (Å²) in [6, 6.07) is 13.4. The first-order valence-electron chi connectivity index (χ1n) is 6.95. The average molecular weight is 299 g/mol. The number of aromatic hydroxyl groups is 1. The molecule has 1 unspecified atom stereocenters. The third-order valence-electron chi connectivity index (χ3n) is 3.42. The molecule has 2 rings (SSSR count). The second kappa shape index (κ2) is 6.76. The van der Waals surface area contributed by atoms with Crippen molar-refractivity contribution in [1.82, 2.24) is 0 Å². The summed E-state index contributed by atoms with van der Waals surface area (Å²) in [5.41, 5.74) is 1.07. The lowest BCUT2D eigenvalue weighted by atomic mass is 9.95. The van der Waals surface area contributed by atoms with Crippen LogP contribution >= 0.6 is 0 Å². The van der Waals surface area contributed by atoms with Gasteiger partial charge in [-0.2, -0.15) is 0 Å². The molecule has 1 amide bonds. The number of aromatic carboxylic acids is 1. The lowest BCUT2D eigenvalue weighted by Gasteiger charge is -2.15. The average Bonchev–Trinajstić information content (AvgIpc) is 2.48. The molecule has 0 bridgehead atoms. The number of hydrogen-bond acceptors (Lipinski definition) is 3. The number of carboxylic acids is 1. The van der Waals surface area contributed by atoms with Crippen LogP contribution in [0.5, 0.6) is 5.75 Å². The zero-order valence-electron chi connectivity index (χ0n) is 12.1. The molecule has 0 radical (unpaired) electrons. The van der Waals surface area contributed by atoms with E-state index in [9.17, 15) is 14.7 Å². The highest BCUT2D eigenvalue weighted by atomic mass is 16.4. The van der Waals surface area contributed by atoms with Crippen LogP contribution < -0.4 is 5.32 Å². The minimum atomic E-state index is -1.22. The Balaban J connectivity index is 2.17. The molecule has 2 aromatic carbocycles. The molecule has 5 heteroatoms. The smallest absolute Gasteiger partial charge is 0.339 e. The van der Waals surface area contributed by atoms with E-state index in [1.807, 2.05) is 37.3 Å². The molecule has 0 saturated carbocycles. The van der Waals surface area contributed by atoms with Crippen molar-refractivity contribution >= 4 is 17.6 Å². The normalized spacial score (nSPS) is 11.7. The summed E-state index contributed by atoms with van der Waals surface area (Å²) in [4.78, 5) is 23.2. The molecule has 2 aromatic rings. The van der Waals surface area contributed by atoms with Gasteiger partial charge in [0.2, 0.25) is 5.91 Å². The van der Waals surface area contributed by atoms with Gasteiger partial charge in [0.15, 0.2) is 0 Å². The van der Waals surface area contributed by atoms with Crippen LogP contribution in [0.25, 0.3) is 0 Å². The van der Waals surface area contributed by atoms with E-state index >= 15 is 0 Å². The summed E-state index contributed by atoms with van der Waals surface area (Å²) in [5.74, 6) is -2.09. The zero-order valence-corrected chi connectivity index (χ0v) is 12.1. The van der Waals surface area contributed by atoms with Crippen molar-refractivity contribution in [2.45, 2.75) is 19.3 Å². The molecule has 0 saturated heterocycles. The van der Waals surface area contributed by atoms with Gasteiger partial charge in [0, 0.05) is 11.8 Å². The lowest BCUT2D eigenvalue weighted by molar-refractivity contribution is -0.117. The number of phenols is 1. The Labute approximate surface area is 128 Å². The topological polar surface area (TPSA) is 86.6 Å². The van der Waals surface area contributed by atoms with Crippen molar-refractivity contribution in [3.8, 4) is 5.75 Å². The van der Waals surface area contributed by atoms with E-state index in [0.29, 0.717) is 12.1 Å². The number of amides is 1. The molecule has 0 heterocycles. The Morgan fingerprint density at radius 2 is 1.82 bits per heavy atom. The molecule has 5 nitrogen and oxygen atoms in total. The minimum Gasteiger partial charge on any atom is -0.507 e. The van der Waals surface area contributed by atoms with Gasteiger partial charge in [-0.3, -0.25) is 4.79 Å². The van der Waals surface area contributed by atoms with E-state index in [2.05, 4.69) is 5.32 Å². The van der Waals surface area contributed by atoms with E-state index < -0.39 is 5.97 Å². The molecule has 0 aliphatic heterocycles. The third kappa shape index (κ3) is 3.44. The molecule has 0 aliphatic carbocycles. The number of hydrogen-bond donors (Lipinski definition) is 3. The highest BCUT2D eigenvalue weighted by Gasteiger charge is 2.19. The minimum absolute atomic E-state index is 0.198. The largest absolute Gasteiger partial charge is 0.507 e. The quantitative estimate of drug-likeness (QED) is 0.791. The van der Waals surface area contributed by atoms with Crippen LogP contribution in [0.1, 0.15) is 35.2 Å². The van der Waals surface area contributed by atoms with Crippen molar-refractivity contribution in [3.05, 3.63) is 59.7 Å². The van der Waals surface area contributed by atoms with Crippen molar-refractivity contribution in [1.29, 1.82) is 0 Å². The highest BCUT2D eigenvalue weighted by Crippen LogP contribution is 2.25. The summed E-state index contributed by atoms with van der Waals surface area (Å²) in [6.45, 7) is 1.92. The molecule has 0 aromatic heterocycles. The molecule has 22 heavy (non-hydrogen) atoms. The number of carboxylic acid groups (broad SMARTS) is 1. The molecule has 3 N–H and O–H groups in total. The van der Waals surface area contributed by atoms with Gasteiger partial charge in [0.25, 0.3) is 0 Å². The zero-order chi connectivity index (χ0) is 16.1. The SMILES string of the molecule is CCC(C(=O)Nc1ccc(C(=O)O)c(O)c1)c1ccccc1.